The molecule has 0 saturated carbocycles. The normalized spacial score (nSPS) is 11.8. The molecule has 1 heterocycles. The first-order valence-electron chi connectivity index (χ1n) is 6.12. The lowest BCUT2D eigenvalue weighted by Gasteiger charge is -2.06. The van der Waals surface area contributed by atoms with E-state index in [2.05, 4.69) is 19.2 Å². The predicted octanol–water partition coefficient (Wildman–Crippen LogP) is 1.87. The molecule has 0 spiro atoms. The van der Waals surface area contributed by atoms with Gasteiger partial charge in [-0.25, -0.2) is 13.6 Å². The molecule has 0 aromatic carbocycles. The van der Waals surface area contributed by atoms with Crippen LogP contribution in [0.2, 0.25) is 0 Å². The minimum Gasteiger partial charge on any atom is -0.352 e. The van der Waals surface area contributed by atoms with E-state index in [4.69, 9.17) is 5.14 Å². The summed E-state index contributed by atoms with van der Waals surface area (Å²) in [6.07, 6.45) is 1.96. The third-order valence-electron chi connectivity index (χ3n) is 2.74. The molecule has 3 N–H and O–H groups in total. The lowest BCUT2D eigenvalue weighted by atomic mass is 10.1. The van der Waals surface area contributed by atoms with Gasteiger partial charge in [0, 0.05) is 11.9 Å². The fourth-order valence-electron chi connectivity index (χ4n) is 1.71. The summed E-state index contributed by atoms with van der Waals surface area (Å²) in [6, 6.07) is 0. The molecule has 19 heavy (non-hydrogen) atoms. The van der Waals surface area contributed by atoms with Crippen molar-refractivity contribution in [2.45, 2.75) is 37.8 Å². The van der Waals surface area contributed by atoms with E-state index in [1.165, 1.54) is 5.38 Å². The van der Waals surface area contributed by atoms with Crippen LogP contribution in [0.1, 0.15) is 42.6 Å². The first-order valence-corrected chi connectivity index (χ1v) is 8.55. The van der Waals surface area contributed by atoms with Crippen molar-refractivity contribution in [1.29, 1.82) is 0 Å². The maximum Gasteiger partial charge on any atom is 0.252 e. The van der Waals surface area contributed by atoms with Gasteiger partial charge in [0.1, 0.15) is 4.21 Å². The monoisotopic (exact) mass is 304 g/mol. The number of thiophene rings is 1. The van der Waals surface area contributed by atoms with Crippen molar-refractivity contribution in [2.75, 3.05) is 6.54 Å². The lowest BCUT2D eigenvalue weighted by molar-refractivity contribution is 0.0952. The van der Waals surface area contributed by atoms with E-state index in [9.17, 15) is 13.2 Å². The number of nitrogens with one attached hydrogen (secondary N) is 1. The van der Waals surface area contributed by atoms with Gasteiger partial charge in [0.2, 0.25) is 10.0 Å². The molecule has 5 nitrogen and oxygen atoms in total. The highest BCUT2D eigenvalue weighted by Gasteiger charge is 2.20. The lowest BCUT2D eigenvalue weighted by Crippen LogP contribution is -2.25. The fraction of sp³-hybridized carbons (Fsp3) is 0.583. The number of rotatable bonds is 6. The molecule has 0 saturated heterocycles. The van der Waals surface area contributed by atoms with Crippen LogP contribution in [0.3, 0.4) is 0 Å². The molecule has 108 valence electrons. The Balaban J connectivity index is 2.66. The summed E-state index contributed by atoms with van der Waals surface area (Å²) in [7, 11) is -3.74. The third-order valence-corrected chi connectivity index (χ3v) is 5.42. The molecule has 0 aliphatic heterocycles. The van der Waals surface area contributed by atoms with Gasteiger partial charge >= 0.3 is 0 Å². The Hall–Kier alpha value is -0.920. The second kappa shape index (κ2) is 6.49. The van der Waals surface area contributed by atoms with Crippen LogP contribution in [0.25, 0.3) is 0 Å². The Bertz CT molecular complexity index is 547. The predicted molar refractivity (Wildman–Crippen MR) is 76.8 cm³/mol. The highest BCUT2D eigenvalue weighted by molar-refractivity contribution is 7.91. The average molecular weight is 304 g/mol. The van der Waals surface area contributed by atoms with Crippen molar-refractivity contribution in [3.8, 4) is 0 Å². The summed E-state index contributed by atoms with van der Waals surface area (Å²) in [4.78, 5) is 11.9. The van der Waals surface area contributed by atoms with Gasteiger partial charge in [-0.05, 0) is 31.2 Å². The maximum absolute atomic E-state index is 11.9. The SMILES string of the molecule is Cc1c(C(=O)NCCCC(C)C)csc1S(N)(=O)=O. The molecule has 1 amide bonds. The van der Waals surface area contributed by atoms with Gasteiger partial charge < -0.3 is 5.32 Å². The number of carbonyl (C=O) groups is 1. The van der Waals surface area contributed by atoms with Crippen LogP contribution in [0, 0.1) is 12.8 Å². The molecule has 1 aromatic heterocycles. The van der Waals surface area contributed by atoms with E-state index < -0.39 is 10.0 Å². The standard InChI is InChI=1S/C12H20N2O3S2/c1-8(2)5-4-6-14-11(15)10-7-18-12(9(10)3)19(13,16)17/h7-8H,4-6H2,1-3H3,(H,14,15)(H2,13,16,17). The van der Waals surface area contributed by atoms with Gasteiger partial charge in [0.05, 0.1) is 5.56 Å². The zero-order valence-corrected chi connectivity index (χ0v) is 13.0. The average Bonchev–Trinajstić information content (AvgIpc) is 2.65. The third kappa shape index (κ3) is 4.59. The molecule has 0 fully saturated rings. The molecule has 0 atom stereocenters. The van der Waals surface area contributed by atoms with Gasteiger partial charge in [0.15, 0.2) is 0 Å². The Morgan fingerprint density at radius 1 is 1.47 bits per heavy atom. The quantitative estimate of drug-likeness (QED) is 0.786. The number of hydrogen-bond acceptors (Lipinski definition) is 4. The molecule has 0 aliphatic carbocycles. The molecule has 7 heteroatoms. The van der Waals surface area contributed by atoms with Gasteiger partial charge in [-0.15, -0.1) is 11.3 Å². The van der Waals surface area contributed by atoms with Gasteiger partial charge in [-0.3, -0.25) is 4.79 Å². The van der Waals surface area contributed by atoms with E-state index in [0.29, 0.717) is 23.6 Å². The van der Waals surface area contributed by atoms with Gasteiger partial charge in [-0.2, -0.15) is 0 Å². The highest BCUT2D eigenvalue weighted by atomic mass is 32.2. The molecule has 1 rings (SSSR count). The van der Waals surface area contributed by atoms with Crippen LogP contribution in [0.15, 0.2) is 9.59 Å². The molecular formula is C12H20N2O3S2. The van der Waals surface area contributed by atoms with Gasteiger partial charge in [-0.1, -0.05) is 13.8 Å². The Kier molecular flexibility index (Phi) is 5.51. The summed E-state index contributed by atoms with van der Waals surface area (Å²) in [5, 5.41) is 9.40. The minimum absolute atomic E-state index is 0.0554. The summed E-state index contributed by atoms with van der Waals surface area (Å²) >= 11 is 0.982. The number of carbonyl (C=O) groups excluding carboxylic acids is 1. The smallest absolute Gasteiger partial charge is 0.252 e. The fourth-order valence-corrected chi connectivity index (χ4v) is 3.72. The van der Waals surface area contributed by atoms with Crippen LogP contribution in [0.4, 0.5) is 0 Å². The Morgan fingerprint density at radius 2 is 2.11 bits per heavy atom. The van der Waals surface area contributed by atoms with Crippen molar-refractivity contribution in [2.24, 2.45) is 11.1 Å². The first kappa shape index (κ1) is 16.1. The van der Waals surface area contributed by atoms with Crippen LogP contribution in [0.5, 0.6) is 0 Å². The number of amides is 1. The van der Waals surface area contributed by atoms with E-state index in [0.717, 1.165) is 24.2 Å². The van der Waals surface area contributed by atoms with Crippen molar-refractivity contribution in [3.63, 3.8) is 0 Å². The van der Waals surface area contributed by atoms with Crippen LogP contribution < -0.4 is 10.5 Å². The second-order valence-electron chi connectivity index (χ2n) is 4.90. The van der Waals surface area contributed by atoms with E-state index >= 15 is 0 Å². The zero-order valence-electron chi connectivity index (χ0n) is 11.4. The molecule has 0 aliphatic rings. The largest absolute Gasteiger partial charge is 0.352 e. The van der Waals surface area contributed by atoms with Crippen molar-refractivity contribution < 1.29 is 13.2 Å². The summed E-state index contributed by atoms with van der Waals surface area (Å²) < 4.78 is 22.6. The van der Waals surface area contributed by atoms with Crippen LogP contribution in [-0.2, 0) is 10.0 Å². The Labute approximate surface area is 118 Å². The maximum atomic E-state index is 11.9. The summed E-state index contributed by atoms with van der Waals surface area (Å²) in [6.45, 7) is 6.45. The van der Waals surface area contributed by atoms with E-state index in [1.807, 2.05) is 0 Å². The van der Waals surface area contributed by atoms with E-state index in [-0.39, 0.29) is 10.1 Å². The number of sulfonamides is 1. The van der Waals surface area contributed by atoms with Crippen molar-refractivity contribution in [1.82, 2.24) is 5.32 Å². The number of primary sulfonamides is 1. The number of nitrogens with two attached hydrogens (primary N) is 1. The topological polar surface area (TPSA) is 89.3 Å². The summed E-state index contributed by atoms with van der Waals surface area (Å²) in [5.74, 6) is 0.362. The van der Waals surface area contributed by atoms with E-state index in [1.54, 1.807) is 6.92 Å². The molecule has 0 unspecified atom stereocenters. The molecule has 0 bridgehead atoms. The van der Waals surface area contributed by atoms with Crippen molar-refractivity contribution >= 4 is 27.3 Å². The van der Waals surface area contributed by atoms with Crippen molar-refractivity contribution in [3.05, 3.63) is 16.5 Å². The zero-order chi connectivity index (χ0) is 14.6. The molecular weight excluding hydrogens is 284 g/mol. The van der Waals surface area contributed by atoms with Gasteiger partial charge in [0.25, 0.3) is 5.91 Å². The molecule has 0 radical (unpaired) electrons. The van der Waals surface area contributed by atoms with Crippen LogP contribution in [-0.4, -0.2) is 20.9 Å². The second-order valence-corrected chi connectivity index (χ2v) is 7.54. The minimum atomic E-state index is -3.74. The van der Waals surface area contributed by atoms with Crippen LogP contribution >= 0.6 is 11.3 Å². The summed E-state index contributed by atoms with van der Waals surface area (Å²) in [5.41, 5.74) is 0.812. The molecule has 1 aromatic rings. The number of hydrogen-bond donors (Lipinski definition) is 2. The Morgan fingerprint density at radius 3 is 2.58 bits per heavy atom. The highest BCUT2D eigenvalue weighted by Crippen LogP contribution is 2.25. The first-order chi connectivity index (χ1) is 8.73.